The summed E-state index contributed by atoms with van der Waals surface area (Å²) in [6.07, 6.45) is 4.34. The molecule has 0 saturated heterocycles. The Kier molecular flexibility index (Phi) is 4.10. The van der Waals surface area contributed by atoms with E-state index in [0.717, 1.165) is 11.0 Å². The van der Waals surface area contributed by atoms with Crippen LogP contribution in [-0.2, 0) is 0 Å². The van der Waals surface area contributed by atoms with Crippen molar-refractivity contribution in [1.82, 2.24) is 0 Å². The molecule has 1 aromatic carbocycles. The maximum atomic E-state index is 5.12. The first kappa shape index (κ1) is 9.85. The molecule has 0 unspecified atom stereocenters. The minimum Gasteiger partial charge on any atom is -0.464 e. The second-order valence-electron chi connectivity index (χ2n) is 2.96. The van der Waals surface area contributed by atoms with Crippen molar-refractivity contribution in [3.8, 4) is 0 Å². The molecular formula is C12H16O. The second kappa shape index (κ2) is 5.41. The first-order chi connectivity index (χ1) is 6.38. The molecule has 0 bridgehead atoms. The molecule has 13 heavy (non-hydrogen) atoms. The van der Waals surface area contributed by atoms with Gasteiger partial charge in [-0.05, 0) is 12.1 Å². The van der Waals surface area contributed by atoms with E-state index in [-0.39, 0.29) is 0 Å². The van der Waals surface area contributed by atoms with Crippen molar-refractivity contribution in [2.45, 2.75) is 26.7 Å². The number of rotatable bonds is 1. The van der Waals surface area contributed by atoms with E-state index >= 15 is 0 Å². The summed E-state index contributed by atoms with van der Waals surface area (Å²) in [4.78, 5) is 0. The fourth-order valence-electron chi connectivity index (χ4n) is 0.906. The highest BCUT2D eigenvalue weighted by Gasteiger charge is 1.89. The SMILES string of the molecule is CCCC.c1ccc2occc2c1. The fraction of sp³-hybridized carbons (Fsp3) is 0.333. The van der Waals surface area contributed by atoms with Gasteiger partial charge >= 0.3 is 0 Å². The lowest BCUT2D eigenvalue weighted by Gasteiger charge is -1.81. The molecule has 0 saturated carbocycles. The zero-order valence-corrected chi connectivity index (χ0v) is 8.29. The molecule has 2 rings (SSSR count). The van der Waals surface area contributed by atoms with Crippen LogP contribution in [0.4, 0.5) is 0 Å². The van der Waals surface area contributed by atoms with Crippen molar-refractivity contribution in [2.75, 3.05) is 0 Å². The number of para-hydroxylation sites is 1. The van der Waals surface area contributed by atoms with E-state index in [9.17, 15) is 0 Å². The topological polar surface area (TPSA) is 13.1 Å². The summed E-state index contributed by atoms with van der Waals surface area (Å²) in [7, 11) is 0. The Hall–Kier alpha value is -1.24. The first-order valence-corrected chi connectivity index (χ1v) is 4.80. The number of furan rings is 1. The standard InChI is InChI=1S/C8H6O.C4H10/c1-2-4-8-7(3-1)5-6-9-8;1-3-4-2/h1-6H;3-4H2,1-2H3. The highest BCUT2D eigenvalue weighted by atomic mass is 16.3. The molecule has 1 heteroatoms. The molecular weight excluding hydrogens is 160 g/mol. The molecule has 1 heterocycles. The van der Waals surface area contributed by atoms with Crippen LogP contribution in [0.1, 0.15) is 26.7 Å². The average Bonchev–Trinajstić information content (AvgIpc) is 2.66. The lowest BCUT2D eigenvalue weighted by Crippen LogP contribution is -1.57. The molecule has 2 aromatic rings. The maximum Gasteiger partial charge on any atom is 0.133 e. The zero-order chi connectivity index (χ0) is 9.52. The summed E-state index contributed by atoms with van der Waals surface area (Å²) in [6, 6.07) is 9.90. The van der Waals surface area contributed by atoms with Crippen molar-refractivity contribution in [1.29, 1.82) is 0 Å². The third-order valence-electron chi connectivity index (χ3n) is 1.86. The number of fused-ring (bicyclic) bond motifs is 1. The van der Waals surface area contributed by atoms with Gasteiger partial charge in [-0.25, -0.2) is 0 Å². The van der Waals surface area contributed by atoms with E-state index in [1.54, 1.807) is 6.26 Å². The molecule has 0 amide bonds. The smallest absolute Gasteiger partial charge is 0.133 e. The normalized spacial score (nSPS) is 9.38. The lowest BCUT2D eigenvalue weighted by atomic mass is 10.3. The predicted octanol–water partition coefficient (Wildman–Crippen LogP) is 4.24. The highest BCUT2D eigenvalue weighted by Crippen LogP contribution is 2.12. The first-order valence-electron chi connectivity index (χ1n) is 4.80. The van der Waals surface area contributed by atoms with Crippen LogP contribution in [0.3, 0.4) is 0 Å². The second-order valence-corrected chi connectivity index (χ2v) is 2.96. The summed E-state index contributed by atoms with van der Waals surface area (Å²) >= 11 is 0. The third kappa shape index (κ3) is 2.94. The molecule has 0 fully saturated rings. The van der Waals surface area contributed by atoms with E-state index in [4.69, 9.17) is 4.42 Å². The minimum absolute atomic E-state index is 0.956. The highest BCUT2D eigenvalue weighted by molar-refractivity contribution is 5.76. The van der Waals surface area contributed by atoms with Gasteiger partial charge in [-0.3, -0.25) is 0 Å². The third-order valence-corrected chi connectivity index (χ3v) is 1.86. The van der Waals surface area contributed by atoms with Gasteiger partial charge in [-0.1, -0.05) is 44.9 Å². The Bertz CT molecular complexity index is 303. The van der Waals surface area contributed by atoms with E-state index in [0.29, 0.717) is 0 Å². The summed E-state index contributed by atoms with van der Waals surface area (Å²) in [5.74, 6) is 0. The van der Waals surface area contributed by atoms with Gasteiger partial charge in [0.05, 0.1) is 6.26 Å². The Morgan fingerprint density at radius 1 is 1.00 bits per heavy atom. The van der Waals surface area contributed by atoms with Crippen LogP contribution in [-0.4, -0.2) is 0 Å². The van der Waals surface area contributed by atoms with E-state index in [1.165, 1.54) is 12.8 Å². The van der Waals surface area contributed by atoms with E-state index in [2.05, 4.69) is 13.8 Å². The van der Waals surface area contributed by atoms with E-state index < -0.39 is 0 Å². The largest absolute Gasteiger partial charge is 0.464 e. The predicted molar refractivity (Wildman–Crippen MR) is 56.8 cm³/mol. The van der Waals surface area contributed by atoms with Crippen molar-refractivity contribution < 1.29 is 4.42 Å². The lowest BCUT2D eigenvalue weighted by molar-refractivity contribution is 0.616. The summed E-state index contributed by atoms with van der Waals surface area (Å²) in [5, 5.41) is 1.16. The Morgan fingerprint density at radius 3 is 2.31 bits per heavy atom. The maximum absolute atomic E-state index is 5.12. The van der Waals surface area contributed by atoms with Gasteiger partial charge < -0.3 is 4.42 Å². The van der Waals surface area contributed by atoms with Crippen LogP contribution in [0.25, 0.3) is 11.0 Å². The van der Waals surface area contributed by atoms with Crippen molar-refractivity contribution in [2.24, 2.45) is 0 Å². The van der Waals surface area contributed by atoms with Crippen LogP contribution < -0.4 is 0 Å². The Balaban J connectivity index is 0.000000184. The summed E-state index contributed by atoms with van der Waals surface area (Å²) in [5.41, 5.74) is 0.956. The minimum atomic E-state index is 0.956. The number of hydrogen-bond donors (Lipinski definition) is 0. The van der Waals surface area contributed by atoms with Gasteiger partial charge in [-0.2, -0.15) is 0 Å². The monoisotopic (exact) mass is 176 g/mol. The number of benzene rings is 1. The van der Waals surface area contributed by atoms with E-state index in [1.807, 2.05) is 30.3 Å². The molecule has 0 radical (unpaired) electrons. The molecule has 0 N–H and O–H groups in total. The molecule has 0 aliphatic heterocycles. The zero-order valence-electron chi connectivity index (χ0n) is 8.29. The summed E-state index contributed by atoms with van der Waals surface area (Å²) in [6.45, 7) is 4.36. The quantitative estimate of drug-likeness (QED) is 0.633. The van der Waals surface area contributed by atoms with Crippen molar-refractivity contribution in [3.05, 3.63) is 36.6 Å². The van der Waals surface area contributed by atoms with Crippen LogP contribution in [0.15, 0.2) is 41.0 Å². The summed E-state index contributed by atoms with van der Waals surface area (Å²) < 4.78 is 5.12. The van der Waals surface area contributed by atoms with Gasteiger partial charge in [0.1, 0.15) is 5.58 Å². The fourth-order valence-corrected chi connectivity index (χ4v) is 0.906. The van der Waals surface area contributed by atoms with Crippen LogP contribution in [0, 0.1) is 0 Å². The van der Waals surface area contributed by atoms with Crippen LogP contribution >= 0.6 is 0 Å². The van der Waals surface area contributed by atoms with Crippen LogP contribution in [0.5, 0.6) is 0 Å². The molecule has 0 aliphatic carbocycles. The molecule has 0 atom stereocenters. The molecule has 1 nitrogen and oxygen atoms in total. The number of unbranched alkanes of at least 4 members (excludes halogenated alkanes) is 1. The van der Waals surface area contributed by atoms with Crippen molar-refractivity contribution in [3.63, 3.8) is 0 Å². The molecule has 1 aromatic heterocycles. The number of hydrogen-bond acceptors (Lipinski definition) is 1. The average molecular weight is 176 g/mol. The molecule has 0 aliphatic rings. The van der Waals surface area contributed by atoms with Gasteiger partial charge in [0.15, 0.2) is 0 Å². The van der Waals surface area contributed by atoms with Crippen molar-refractivity contribution >= 4 is 11.0 Å². The van der Waals surface area contributed by atoms with Gasteiger partial charge in [0.25, 0.3) is 0 Å². The Morgan fingerprint density at radius 2 is 1.69 bits per heavy atom. The van der Waals surface area contributed by atoms with Crippen LogP contribution in [0.2, 0.25) is 0 Å². The van der Waals surface area contributed by atoms with Gasteiger partial charge in [0, 0.05) is 5.39 Å². The van der Waals surface area contributed by atoms with Gasteiger partial charge in [0.2, 0.25) is 0 Å². The molecule has 70 valence electrons. The molecule has 0 spiro atoms. The van der Waals surface area contributed by atoms with Gasteiger partial charge in [-0.15, -0.1) is 0 Å². The Labute approximate surface area is 79.4 Å².